The van der Waals surface area contributed by atoms with E-state index in [1.165, 1.54) is 0 Å². The summed E-state index contributed by atoms with van der Waals surface area (Å²) >= 11 is 0. The van der Waals surface area contributed by atoms with Crippen molar-refractivity contribution in [3.8, 4) is 11.5 Å². The normalized spacial score (nSPS) is 18.5. The van der Waals surface area contributed by atoms with Crippen molar-refractivity contribution in [3.63, 3.8) is 0 Å². The Morgan fingerprint density at radius 1 is 0.688 bits per heavy atom. The largest absolute Gasteiger partial charge is 0.456 e. The first-order chi connectivity index (χ1) is 15.7. The highest BCUT2D eigenvalue weighted by molar-refractivity contribution is 6.17. The maximum Gasteiger partial charge on any atom is 0.246 e. The summed E-state index contributed by atoms with van der Waals surface area (Å²) in [6.07, 6.45) is 0. The number of para-hydroxylation sites is 1. The molecule has 3 nitrogen and oxygen atoms in total. The maximum absolute atomic E-state index is 14.3. The average molecular weight is 413 g/mol. The Kier molecular flexibility index (Phi) is 3.28. The lowest BCUT2D eigenvalue weighted by molar-refractivity contribution is -0.120. The standard InChI is InChI=1S/C29H19NO2/c1-30-24-13-7-6-12-22(24)29(28(30)31)23-16-14-19-9-3-5-11-21(19)27(23)32-25-17-15-18-8-2-4-10-20(18)26(25)29/h2-17H,1H3. The lowest BCUT2D eigenvalue weighted by Crippen LogP contribution is -2.42. The van der Waals surface area contributed by atoms with Crippen LogP contribution < -0.4 is 9.64 Å². The Hall–Kier alpha value is -4.11. The molecule has 0 N–H and O–H groups in total. The molecule has 0 aliphatic carbocycles. The molecular formula is C29H19NO2. The molecule has 1 unspecified atom stereocenters. The van der Waals surface area contributed by atoms with Crippen molar-refractivity contribution < 1.29 is 9.53 Å². The number of hydrogen-bond donors (Lipinski definition) is 0. The minimum Gasteiger partial charge on any atom is -0.456 e. The number of benzene rings is 5. The molecule has 152 valence electrons. The zero-order valence-electron chi connectivity index (χ0n) is 17.5. The fraction of sp³-hybridized carbons (Fsp3) is 0.0690. The van der Waals surface area contributed by atoms with Crippen LogP contribution in [-0.4, -0.2) is 13.0 Å². The van der Waals surface area contributed by atoms with E-state index in [2.05, 4.69) is 48.5 Å². The molecule has 2 aliphatic heterocycles. The molecule has 7 rings (SSSR count). The Labute approximate surface area is 185 Å². The second-order valence-electron chi connectivity index (χ2n) is 8.56. The quantitative estimate of drug-likeness (QED) is 0.294. The molecule has 0 fully saturated rings. The molecule has 2 aliphatic rings. The van der Waals surface area contributed by atoms with Gasteiger partial charge in [0, 0.05) is 34.8 Å². The summed E-state index contributed by atoms with van der Waals surface area (Å²) in [6.45, 7) is 0. The number of nitrogens with zero attached hydrogens (tertiary/aromatic N) is 1. The van der Waals surface area contributed by atoms with E-state index in [1.54, 1.807) is 4.90 Å². The zero-order valence-corrected chi connectivity index (χ0v) is 17.5. The van der Waals surface area contributed by atoms with Crippen molar-refractivity contribution in [2.75, 3.05) is 11.9 Å². The van der Waals surface area contributed by atoms with E-state index in [0.29, 0.717) is 0 Å². The molecular weight excluding hydrogens is 394 g/mol. The van der Waals surface area contributed by atoms with Gasteiger partial charge in [-0.2, -0.15) is 0 Å². The van der Waals surface area contributed by atoms with Crippen LogP contribution in [0.15, 0.2) is 97.1 Å². The molecule has 0 saturated heterocycles. The van der Waals surface area contributed by atoms with Gasteiger partial charge in [-0.1, -0.05) is 84.9 Å². The summed E-state index contributed by atoms with van der Waals surface area (Å²) in [4.78, 5) is 16.1. The smallest absolute Gasteiger partial charge is 0.246 e. The lowest BCUT2D eigenvalue weighted by atomic mass is 9.66. The van der Waals surface area contributed by atoms with E-state index in [4.69, 9.17) is 4.74 Å². The highest BCUT2D eigenvalue weighted by atomic mass is 16.5. The van der Waals surface area contributed by atoms with Crippen molar-refractivity contribution in [3.05, 3.63) is 114 Å². The van der Waals surface area contributed by atoms with Crippen molar-refractivity contribution in [1.29, 1.82) is 0 Å². The van der Waals surface area contributed by atoms with E-state index in [1.807, 2.05) is 55.6 Å². The zero-order chi connectivity index (χ0) is 21.4. The number of carbonyl (C=O) groups is 1. The Bertz CT molecular complexity index is 1600. The van der Waals surface area contributed by atoms with Crippen LogP contribution in [0.2, 0.25) is 0 Å². The van der Waals surface area contributed by atoms with E-state index in [9.17, 15) is 4.79 Å². The van der Waals surface area contributed by atoms with Gasteiger partial charge in [-0.25, -0.2) is 0 Å². The summed E-state index contributed by atoms with van der Waals surface area (Å²) in [5.41, 5.74) is 2.82. The number of ether oxygens (including phenoxy) is 1. The van der Waals surface area contributed by atoms with Gasteiger partial charge >= 0.3 is 0 Å². The molecule has 32 heavy (non-hydrogen) atoms. The molecule has 1 amide bonds. The van der Waals surface area contributed by atoms with Crippen LogP contribution >= 0.6 is 0 Å². The summed E-state index contributed by atoms with van der Waals surface area (Å²) in [5, 5.41) is 4.25. The first kappa shape index (κ1) is 17.6. The van der Waals surface area contributed by atoms with Crippen LogP contribution in [0.1, 0.15) is 16.7 Å². The molecule has 1 spiro atoms. The molecule has 1 atom stereocenters. The van der Waals surface area contributed by atoms with E-state index >= 15 is 0 Å². The van der Waals surface area contributed by atoms with Gasteiger partial charge in [0.15, 0.2) is 0 Å². The number of likely N-dealkylation sites (N-methyl/N-ethyl adjacent to an activating group) is 1. The van der Waals surface area contributed by atoms with Crippen molar-refractivity contribution >= 4 is 33.1 Å². The second kappa shape index (κ2) is 5.98. The minimum absolute atomic E-state index is 0.0520. The number of amides is 1. The van der Waals surface area contributed by atoms with Crippen molar-refractivity contribution in [2.45, 2.75) is 5.41 Å². The van der Waals surface area contributed by atoms with Crippen LogP contribution in [0.5, 0.6) is 11.5 Å². The van der Waals surface area contributed by atoms with Gasteiger partial charge in [-0.3, -0.25) is 4.79 Å². The van der Waals surface area contributed by atoms with Crippen molar-refractivity contribution in [2.24, 2.45) is 0 Å². The topological polar surface area (TPSA) is 29.5 Å². The van der Waals surface area contributed by atoms with E-state index in [-0.39, 0.29) is 5.91 Å². The Balaban J connectivity index is 1.73. The molecule has 5 aromatic carbocycles. The number of fused-ring (bicyclic) bond motifs is 10. The van der Waals surface area contributed by atoms with Gasteiger partial charge in [-0.05, 0) is 28.3 Å². The third-order valence-corrected chi connectivity index (χ3v) is 7.06. The van der Waals surface area contributed by atoms with E-state index < -0.39 is 5.41 Å². The summed E-state index contributed by atoms with van der Waals surface area (Å²) in [5.74, 6) is 1.56. The van der Waals surface area contributed by atoms with Crippen LogP contribution in [0.4, 0.5) is 5.69 Å². The molecule has 0 radical (unpaired) electrons. The van der Waals surface area contributed by atoms with E-state index in [0.717, 1.165) is 55.4 Å². The summed E-state index contributed by atoms with van der Waals surface area (Å²) < 4.78 is 6.61. The number of anilines is 1. The predicted octanol–water partition coefficient (Wildman–Crippen LogP) is 6.41. The Morgan fingerprint density at radius 3 is 2.19 bits per heavy atom. The van der Waals surface area contributed by atoms with Gasteiger partial charge in [-0.15, -0.1) is 0 Å². The van der Waals surface area contributed by atoms with Gasteiger partial charge in [0.05, 0.1) is 0 Å². The molecule has 0 saturated carbocycles. The third kappa shape index (κ3) is 1.94. The molecule has 0 bridgehead atoms. The number of carbonyl (C=O) groups excluding carboxylic acids is 1. The fourth-order valence-corrected chi connectivity index (χ4v) is 5.68. The van der Waals surface area contributed by atoms with Gasteiger partial charge in [0.1, 0.15) is 16.9 Å². The molecule has 0 aromatic heterocycles. The van der Waals surface area contributed by atoms with Crippen molar-refractivity contribution in [1.82, 2.24) is 0 Å². The predicted molar refractivity (Wildman–Crippen MR) is 128 cm³/mol. The molecule has 3 heteroatoms. The molecule has 5 aromatic rings. The third-order valence-electron chi connectivity index (χ3n) is 7.06. The summed E-state index contributed by atoms with van der Waals surface area (Å²) in [7, 11) is 1.87. The van der Waals surface area contributed by atoms with Crippen LogP contribution in [0, 0.1) is 0 Å². The maximum atomic E-state index is 14.3. The fourth-order valence-electron chi connectivity index (χ4n) is 5.68. The molecule has 2 heterocycles. The first-order valence-electron chi connectivity index (χ1n) is 10.8. The highest BCUT2D eigenvalue weighted by Gasteiger charge is 2.57. The second-order valence-corrected chi connectivity index (χ2v) is 8.56. The number of rotatable bonds is 0. The van der Waals surface area contributed by atoms with Gasteiger partial charge < -0.3 is 9.64 Å². The van der Waals surface area contributed by atoms with Crippen LogP contribution in [0.3, 0.4) is 0 Å². The highest BCUT2D eigenvalue weighted by Crippen LogP contribution is 2.60. The minimum atomic E-state index is -0.959. The summed E-state index contributed by atoms with van der Waals surface area (Å²) in [6, 6.07) is 32.9. The van der Waals surface area contributed by atoms with Gasteiger partial charge in [0.25, 0.3) is 0 Å². The monoisotopic (exact) mass is 413 g/mol. The lowest BCUT2D eigenvalue weighted by Gasteiger charge is -2.37. The van der Waals surface area contributed by atoms with Crippen LogP contribution in [0.25, 0.3) is 21.5 Å². The SMILES string of the molecule is CN1C(=O)C2(c3ccccc31)c1ccc3ccccc3c1Oc1ccc3ccccc3c12. The Morgan fingerprint density at radius 2 is 1.34 bits per heavy atom. The van der Waals surface area contributed by atoms with Gasteiger partial charge in [0.2, 0.25) is 5.91 Å². The van der Waals surface area contributed by atoms with Crippen LogP contribution in [-0.2, 0) is 10.2 Å². The average Bonchev–Trinajstić information content (AvgIpc) is 3.07. The number of hydrogen-bond acceptors (Lipinski definition) is 2. The first-order valence-corrected chi connectivity index (χ1v) is 10.8.